The van der Waals surface area contributed by atoms with Gasteiger partial charge < -0.3 is 29.0 Å². The van der Waals surface area contributed by atoms with Crippen LogP contribution in [0.15, 0.2) is 30.3 Å². The fourth-order valence-electron chi connectivity index (χ4n) is 4.39. The van der Waals surface area contributed by atoms with Gasteiger partial charge in [-0.3, -0.25) is 0 Å². The van der Waals surface area contributed by atoms with Crippen molar-refractivity contribution in [2.45, 2.75) is 31.8 Å². The smallest absolute Gasteiger partial charge is 0.161 e. The van der Waals surface area contributed by atoms with Gasteiger partial charge in [0.25, 0.3) is 0 Å². The molecule has 2 unspecified atom stereocenters. The van der Waals surface area contributed by atoms with Crippen molar-refractivity contribution in [3.63, 3.8) is 0 Å². The van der Waals surface area contributed by atoms with E-state index in [1.165, 1.54) is 5.56 Å². The van der Waals surface area contributed by atoms with Gasteiger partial charge >= 0.3 is 0 Å². The molecule has 0 aromatic heterocycles. The highest BCUT2D eigenvalue weighted by atomic mass is 16.5. The third kappa shape index (κ3) is 5.43. The van der Waals surface area contributed by atoms with Gasteiger partial charge in [-0.05, 0) is 86.1 Å². The molecule has 1 N–H and O–H groups in total. The second-order valence-electron chi connectivity index (χ2n) is 8.20. The molecule has 6 heteroatoms. The Morgan fingerprint density at radius 3 is 2.19 bits per heavy atom. The highest BCUT2D eigenvalue weighted by Crippen LogP contribution is 2.43. The maximum absolute atomic E-state index is 10.8. The summed E-state index contributed by atoms with van der Waals surface area (Å²) >= 11 is 0. The minimum absolute atomic E-state index is 0.242. The van der Waals surface area contributed by atoms with E-state index < -0.39 is 6.10 Å². The summed E-state index contributed by atoms with van der Waals surface area (Å²) in [5.41, 5.74) is 3.37. The van der Waals surface area contributed by atoms with Crippen molar-refractivity contribution in [2.24, 2.45) is 5.92 Å². The number of aliphatic hydroxyl groups excluding tert-OH is 1. The molecule has 1 aliphatic rings. The Morgan fingerprint density at radius 1 is 0.871 bits per heavy atom. The van der Waals surface area contributed by atoms with Crippen LogP contribution in [0.4, 0.5) is 0 Å². The molecule has 2 atom stereocenters. The molecule has 2 aromatic rings. The summed E-state index contributed by atoms with van der Waals surface area (Å²) in [6, 6.07) is 10.0. The van der Waals surface area contributed by atoms with Crippen molar-refractivity contribution in [1.29, 1.82) is 0 Å². The number of methoxy groups -OCH3 is 4. The number of nitrogens with zero attached hydrogens (tertiary/aromatic N) is 1. The van der Waals surface area contributed by atoms with E-state index in [1.807, 2.05) is 24.3 Å². The van der Waals surface area contributed by atoms with E-state index in [9.17, 15) is 5.11 Å². The first-order chi connectivity index (χ1) is 15.0. The van der Waals surface area contributed by atoms with Crippen LogP contribution in [0.3, 0.4) is 0 Å². The van der Waals surface area contributed by atoms with Crippen molar-refractivity contribution >= 4 is 0 Å². The fraction of sp³-hybridized carbons (Fsp3) is 0.520. The lowest BCUT2D eigenvalue weighted by Gasteiger charge is -2.20. The van der Waals surface area contributed by atoms with Crippen LogP contribution in [0.2, 0.25) is 0 Å². The quantitative estimate of drug-likeness (QED) is 0.585. The van der Waals surface area contributed by atoms with Gasteiger partial charge in [0, 0.05) is 6.54 Å². The summed E-state index contributed by atoms with van der Waals surface area (Å²) in [4.78, 5) is 2.34. The third-order valence-electron chi connectivity index (χ3n) is 6.24. The molecule has 0 aliphatic heterocycles. The van der Waals surface area contributed by atoms with Crippen LogP contribution in [0, 0.1) is 5.92 Å². The number of likely N-dealkylation sites (N-methyl/N-ethyl adjacent to an activating group) is 1. The Morgan fingerprint density at radius 2 is 1.52 bits per heavy atom. The van der Waals surface area contributed by atoms with Crippen molar-refractivity contribution in [3.8, 4) is 23.0 Å². The van der Waals surface area contributed by atoms with E-state index in [-0.39, 0.29) is 5.92 Å². The van der Waals surface area contributed by atoms with E-state index in [2.05, 4.69) is 18.0 Å². The molecule has 170 valence electrons. The van der Waals surface area contributed by atoms with Gasteiger partial charge in [0.05, 0.1) is 34.5 Å². The number of aliphatic hydroxyl groups is 1. The molecule has 31 heavy (non-hydrogen) atoms. The van der Waals surface area contributed by atoms with Crippen molar-refractivity contribution in [3.05, 3.63) is 47.0 Å². The van der Waals surface area contributed by atoms with Gasteiger partial charge in [0.15, 0.2) is 23.0 Å². The van der Waals surface area contributed by atoms with Gasteiger partial charge in [0.2, 0.25) is 0 Å². The summed E-state index contributed by atoms with van der Waals surface area (Å²) in [7, 11) is 8.73. The zero-order valence-electron chi connectivity index (χ0n) is 19.3. The Bertz CT molecular complexity index is 869. The molecule has 2 aromatic carbocycles. The monoisotopic (exact) mass is 429 g/mol. The predicted molar refractivity (Wildman–Crippen MR) is 122 cm³/mol. The molecule has 0 bridgehead atoms. The molecule has 1 aliphatic carbocycles. The van der Waals surface area contributed by atoms with Crippen LogP contribution in [-0.4, -0.2) is 58.6 Å². The molecule has 0 saturated heterocycles. The second-order valence-corrected chi connectivity index (χ2v) is 8.20. The lowest BCUT2D eigenvalue weighted by molar-refractivity contribution is 0.114. The number of hydrogen-bond acceptors (Lipinski definition) is 6. The molecule has 0 heterocycles. The summed E-state index contributed by atoms with van der Waals surface area (Å²) < 4.78 is 21.5. The van der Waals surface area contributed by atoms with Crippen LogP contribution in [0.5, 0.6) is 23.0 Å². The molecule has 0 saturated carbocycles. The second kappa shape index (κ2) is 10.7. The van der Waals surface area contributed by atoms with E-state index in [0.29, 0.717) is 5.75 Å². The zero-order chi connectivity index (χ0) is 22.4. The summed E-state index contributed by atoms with van der Waals surface area (Å²) in [6.45, 7) is 1.97. The van der Waals surface area contributed by atoms with Crippen LogP contribution >= 0.6 is 0 Å². The maximum atomic E-state index is 10.8. The van der Waals surface area contributed by atoms with Gasteiger partial charge in [0.1, 0.15) is 0 Å². The third-order valence-corrected chi connectivity index (χ3v) is 6.24. The van der Waals surface area contributed by atoms with E-state index in [0.717, 1.165) is 67.1 Å². The topological polar surface area (TPSA) is 60.4 Å². The van der Waals surface area contributed by atoms with Crippen molar-refractivity contribution in [2.75, 3.05) is 48.6 Å². The summed E-state index contributed by atoms with van der Waals surface area (Å²) in [6.07, 6.45) is 3.43. The molecule has 0 fully saturated rings. The van der Waals surface area contributed by atoms with E-state index >= 15 is 0 Å². The van der Waals surface area contributed by atoms with Gasteiger partial charge in [-0.25, -0.2) is 0 Å². The van der Waals surface area contributed by atoms with Gasteiger partial charge in [-0.15, -0.1) is 0 Å². The predicted octanol–water partition coefficient (Wildman–Crippen LogP) is 3.88. The molecule has 0 amide bonds. The van der Waals surface area contributed by atoms with Gasteiger partial charge in [-0.1, -0.05) is 6.07 Å². The molecular formula is C25H35NO5. The average Bonchev–Trinajstić information content (AvgIpc) is 3.10. The number of hydrogen-bond donors (Lipinski definition) is 1. The first kappa shape index (κ1) is 23.2. The minimum Gasteiger partial charge on any atom is -0.493 e. The molecular weight excluding hydrogens is 394 g/mol. The number of benzene rings is 2. The highest BCUT2D eigenvalue weighted by Gasteiger charge is 2.32. The standard InChI is InChI=1S/C25H35NO5/c1-26(12-10-17-8-9-21(28-2)22(13-17)29-3)11-6-7-18-14-19-15-23(30-4)24(31-5)16-20(19)25(18)27/h8-9,13,15-16,18,25,27H,6-7,10-12,14H2,1-5H3. The van der Waals surface area contributed by atoms with E-state index in [1.54, 1.807) is 28.4 Å². The SMILES string of the molecule is COc1ccc(CCN(C)CCCC2Cc3cc(OC)c(OC)cc3C2O)cc1OC. The van der Waals surface area contributed by atoms with Crippen LogP contribution in [0.25, 0.3) is 0 Å². The first-order valence-electron chi connectivity index (χ1n) is 10.8. The van der Waals surface area contributed by atoms with Crippen LogP contribution in [0.1, 0.15) is 35.6 Å². The fourth-order valence-corrected chi connectivity index (χ4v) is 4.39. The molecule has 0 spiro atoms. The van der Waals surface area contributed by atoms with Crippen LogP contribution < -0.4 is 18.9 Å². The summed E-state index contributed by atoms with van der Waals surface area (Å²) in [5.74, 6) is 3.17. The van der Waals surface area contributed by atoms with Crippen molar-refractivity contribution < 1.29 is 24.1 Å². The Kier molecular flexibility index (Phi) is 8.04. The molecule has 6 nitrogen and oxygen atoms in total. The largest absolute Gasteiger partial charge is 0.493 e. The summed E-state index contributed by atoms with van der Waals surface area (Å²) in [5, 5.41) is 10.8. The first-order valence-corrected chi connectivity index (χ1v) is 10.8. The van der Waals surface area contributed by atoms with E-state index in [4.69, 9.17) is 18.9 Å². The number of fused-ring (bicyclic) bond motifs is 1. The highest BCUT2D eigenvalue weighted by molar-refractivity contribution is 5.50. The number of rotatable bonds is 11. The normalized spacial score (nSPS) is 17.5. The van der Waals surface area contributed by atoms with Crippen molar-refractivity contribution in [1.82, 2.24) is 4.90 Å². The Hall–Kier alpha value is -2.44. The van der Waals surface area contributed by atoms with Gasteiger partial charge in [-0.2, -0.15) is 0 Å². The molecule has 3 rings (SSSR count). The van der Waals surface area contributed by atoms with Crippen LogP contribution in [-0.2, 0) is 12.8 Å². The zero-order valence-corrected chi connectivity index (χ0v) is 19.3. The average molecular weight is 430 g/mol. The lowest BCUT2D eigenvalue weighted by Crippen LogP contribution is -2.23. The maximum Gasteiger partial charge on any atom is 0.161 e. The molecule has 0 radical (unpaired) electrons. The minimum atomic E-state index is -0.438. The Balaban J connectivity index is 1.47. The Labute approximate surface area is 185 Å². The number of ether oxygens (including phenoxy) is 4. The lowest BCUT2D eigenvalue weighted by atomic mass is 9.97.